The van der Waals surface area contributed by atoms with Gasteiger partial charge in [0.1, 0.15) is 0 Å². The van der Waals surface area contributed by atoms with Crippen molar-refractivity contribution in [3.05, 3.63) is 42.2 Å². The lowest BCUT2D eigenvalue weighted by molar-refractivity contribution is 0.251. The number of rotatable bonds is 5. The van der Waals surface area contributed by atoms with Crippen molar-refractivity contribution in [2.24, 2.45) is 0 Å². The summed E-state index contributed by atoms with van der Waals surface area (Å²) in [5, 5.41) is 5.39. The molecule has 0 fully saturated rings. The molecule has 21 heavy (non-hydrogen) atoms. The van der Waals surface area contributed by atoms with Gasteiger partial charge in [0, 0.05) is 24.4 Å². The van der Waals surface area contributed by atoms with Crippen molar-refractivity contribution in [1.29, 1.82) is 0 Å². The van der Waals surface area contributed by atoms with Gasteiger partial charge in [-0.25, -0.2) is 14.8 Å². The molecule has 2 aromatic heterocycles. The Kier molecular flexibility index (Phi) is 4.92. The number of urea groups is 1. The van der Waals surface area contributed by atoms with Crippen molar-refractivity contribution in [3.63, 3.8) is 0 Å². The van der Waals surface area contributed by atoms with Gasteiger partial charge in [-0.3, -0.25) is 0 Å². The Morgan fingerprint density at radius 1 is 1.19 bits per heavy atom. The summed E-state index contributed by atoms with van der Waals surface area (Å²) in [4.78, 5) is 19.9. The Labute approximate surface area is 122 Å². The van der Waals surface area contributed by atoms with Crippen LogP contribution in [0.1, 0.15) is 5.56 Å². The second kappa shape index (κ2) is 7.09. The molecule has 0 aliphatic heterocycles. The van der Waals surface area contributed by atoms with Crippen LogP contribution in [0.4, 0.5) is 10.5 Å². The smallest absolute Gasteiger partial charge is 0.319 e. The molecular formula is C14H16N4O3. The molecular weight excluding hydrogens is 272 g/mol. The van der Waals surface area contributed by atoms with Crippen LogP contribution in [0, 0.1) is 0 Å². The van der Waals surface area contributed by atoms with E-state index in [1.807, 2.05) is 6.07 Å². The molecule has 110 valence electrons. The van der Waals surface area contributed by atoms with Crippen molar-refractivity contribution in [2.45, 2.75) is 6.54 Å². The molecule has 0 atom stereocenters. The molecule has 0 radical (unpaired) electrons. The SMILES string of the molecule is COc1ccc(NC(=O)NCc2cccnc2OC)cn1. The third kappa shape index (κ3) is 4.07. The van der Waals surface area contributed by atoms with Crippen molar-refractivity contribution < 1.29 is 14.3 Å². The van der Waals surface area contributed by atoms with Crippen LogP contribution in [0.2, 0.25) is 0 Å². The van der Waals surface area contributed by atoms with Gasteiger partial charge < -0.3 is 20.1 Å². The zero-order valence-electron chi connectivity index (χ0n) is 11.8. The summed E-state index contributed by atoms with van der Waals surface area (Å²) in [6, 6.07) is 6.65. The van der Waals surface area contributed by atoms with Crippen LogP contribution in [-0.4, -0.2) is 30.2 Å². The summed E-state index contributed by atoms with van der Waals surface area (Å²) < 4.78 is 10.1. The van der Waals surface area contributed by atoms with Crippen LogP contribution in [0.3, 0.4) is 0 Å². The topological polar surface area (TPSA) is 85.4 Å². The highest BCUT2D eigenvalue weighted by atomic mass is 16.5. The highest BCUT2D eigenvalue weighted by Crippen LogP contribution is 2.13. The normalized spacial score (nSPS) is 9.81. The number of carbonyl (C=O) groups excluding carboxylic acids is 1. The van der Waals surface area contributed by atoms with Crippen LogP contribution in [0.5, 0.6) is 11.8 Å². The summed E-state index contributed by atoms with van der Waals surface area (Å²) >= 11 is 0. The second-order valence-electron chi connectivity index (χ2n) is 4.07. The number of methoxy groups -OCH3 is 2. The van der Waals surface area contributed by atoms with E-state index in [0.29, 0.717) is 24.0 Å². The molecule has 0 bridgehead atoms. The van der Waals surface area contributed by atoms with E-state index in [0.717, 1.165) is 5.56 Å². The van der Waals surface area contributed by atoms with E-state index in [-0.39, 0.29) is 6.03 Å². The molecule has 0 saturated heterocycles. The summed E-state index contributed by atoms with van der Waals surface area (Å²) in [5.41, 5.74) is 1.37. The lowest BCUT2D eigenvalue weighted by Gasteiger charge is -2.09. The highest BCUT2D eigenvalue weighted by Gasteiger charge is 2.06. The Morgan fingerprint density at radius 3 is 2.71 bits per heavy atom. The van der Waals surface area contributed by atoms with Gasteiger partial charge in [0.2, 0.25) is 11.8 Å². The maximum atomic E-state index is 11.8. The van der Waals surface area contributed by atoms with E-state index >= 15 is 0 Å². The summed E-state index contributed by atoms with van der Waals surface area (Å²) in [6.45, 7) is 0.312. The number of nitrogens with zero attached hydrogens (tertiary/aromatic N) is 2. The van der Waals surface area contributed by atoms with Crippen LogP contribution in [-0.2, 0) is 6.54 Å². The third-order valence-electron chi connectivity index (χ3n) is 2.69. The Hall–Kier alpha value is -2.83. The minimum absolute atomic E-state index is 0.312. The molecule has 0 unspecified atom stereocenters. The van der Waals surface area contributed by atoms with E-state index in [9.17, 15) is 4.79 Å². The minimum atomic E-state index is -0.340. The van der Waals surface area contributed by atoms with Crippen molar-refractivity contribution in [3.8, 4) is 11.8 Å². The van der Waals surface area contributed by atoms with E-state index in [1.54, 1.807) is 24.4 Å². The van der Waals surface area contributed by atoms with E-state index in [2.05, 4.69) is 20.6 Å². The molecule has 2 N–H and O–H groups in total. The average molecular weight is 288 g/mol. The Morgan fingerprint density at radius 2 is 2.05 bits per heavy atom. The second-order valence-corrected chi connectivity index (χ2v) is 4.07. The van der Waals surface area contributed by atoms with Crippen LogP contribution < -0.4 is 20.1 Å². The molecule has 0 aliphatic rings. The number of anilines is 1. The maximum absolute atomic E-state index is 11.8. The predicted molar refractivity (Wildman–Crippen MR) is 77.4 cm³/mol. The zero-order chi connectivity index (χ0) is 15.1. The molecule has 2 rings (SSSR count). The number of aromatic nitrogens is 2. The first-order chi connectivity index (χ1) is 10.2. The minimum Gasteiger partial charge on any atom is -0.481 e. The van der Waals surface area contributed by atoms with Gasteiger partial charge in [-0.05, 0) is 12.1 Å². The number of hydrogen-bond donors (Lipinski definition) is 2. The quantitative estimate of drug-likeness (QED) is 0.876. The summed E-state index contributed by atoms with van der Waals surface area (Å²) in [6.07, 6.45) is 3.15. The first-order valence-corrected chi connectivity index (χ1v) is 6.25. The first-order valence-electron chi connectivity index (χ1n) is 6.25. The molecule has 7 nitrogen and oxygen atoms in total. The van der Waals surface area contributed by atoms with Crippen molar-refractivity contribution >= 4 is 11.7 Å². The Balaban J connectivity index is 1.89. The molecule has 0 spiro atoms. The maximum Gasteiger partial charge on any atom is 0.319 e. The number of ether oxygens (including phenoxy) is 2. The number of pyridine rings is 2. The molecule has 0 aliphatic carbocycles. The fourth-order valence-corrected chi connectivity index (χ4v) is 1.67. The highest BCUT2D eigenvalue weighted by molar-refractivity contribution is 5.89. The molecule has 0 saturated carbocycles. The standard InChI is InChI=1S/C14H16N4O3/c1-20-12-6-5-11(9-16-12)18-14(19)17-8-10-4-3-7-15-13(10)21-2/h3-7,9H,8H2,1-2H3,(H2,17,18,19). The third-order valence-corrected chi connectivity index (χ3v) is 2.69. The van der Waals surface area contributed by atoms with Gasteiger partial charge >= 0.3 is 6.03 Å². The zero-order valence-corrected chi connectivity index (χ0v) is 11.8. The lowest BCUT2D eigenvalue weighted by Crippen LogP contribution is -2.28. The largest absolute Gasteiger partial charge is 0.481 e. The summed E-state index contributed by atoms with van der Waals surface area (Å²) in [7, 11) is 3.07. The van der Waals surface area contributed by atoms with Gasteiger partial charge in [-0.15, -0.1) is 0 Å². The van der Waals surface area contributed by atoms with E-state index in [1.165, 1.54) is 20.4 Å². The molecule has 0 aromatic carbocycles. The lowest BCUT2D eigenvalue weighted by atomic mass is 10.3. The number of nitrogens with one attached hydrogen (secondary N) is 2. The molecule has 2 amide bonds. The van der Waals surface area contributed by atoms with Crippen LogP contribution in [0.25, 0.3) is 0 Å². The van der Waals surface area contributed by atoms with Crippen LogP contribution >= 0.6 is 0 Å². The molecule has 7 heteroatoms. The fourth-order valence-electron chi connectivity index (χ4n) is 1.67. The van der Waals surface area contributed by atoms with Gasteiger partial charge in [0.25, 0.3) is 0 Å². The number of hydrogen-bond acceptors (Lipinski definition) is 5. The Bertz CT molecular complexity index is 601. The van der Waals surface area contributed by atoms with Gasteiger partial charge in [-0.1, -0.05) is 6.07 Å². The van der Waals surface area contributed by atoms with E-state index < -0.39 is 0 Å². The van der Waals surface area contributed by atoms with Crippen molar-refractivity contribution in [2.75, 3.05) is 19.5 Å². The first kappa shape index (κ1) is 14.6. The molecule has 2 heterocycles. The van der Waals surface area contributed by atoms with Crippen LogP contribution in [0.15, 0.2) is 36.7 Å². The average Bonchev–Trinajstić information content (AvgIpc) is 2.54. The number of amides is 2. The van der Waals surface area contributed by atoms with Gasteiger partial charge in [0.05, 0.1) is 26.1 Å². The van der Waals surface area contributed by atoms with Gasteiger partial charge in [-0.2, -0.15) is 0 Å². The molecule has 2 aromatic rings. The fraction of sp³-hybridized carbons (Fsp3) is 0.214. The van der Waals surface area contributed by atoms with Gasteiger partial charge in [0.15, 0.2) is 0 Å². The number of carbonyl (C=O) groups is 1. The summed E-state index contributed by atoms with van der Waals surface area (Å²) in [5.74, 6) is 0.977. The van der Waals surface area contributed by atoms with E-state index in [4.69, 9.17) is 9.47 Å². The van der Waals surface area contributed by atoms with Crippen molar-refractivity contribution in [1.82, 2.24) is 15.3 Å². The predicted octanol–water partition coefficient (Wildman–Crippen LogP) is 1.82. The monoisotopic (exact) mass is 288 g/mol.